The first-order valence-electron chi connectivity index (χ1n) is 7.98. The Morgan fingerprint density at radius 3 is 2.68 bits per heavy atom. The van der Waals surface area contributed by atoms with E-state index in [-0.39, 0.29) is 0 Å². The summed E-state index contributed by atoms with van der Waals surface area (Å²) < 4.78 is 1.96. The molecule has 2 heterocycles. The first kappa shape index (κ1) is 13.7. The van der Waals surface area contributed by atoms with Gasteiger partial charge in [-0.3, -0.25) is 0 Å². The first-order valence-corrected chi connectivity index (χ1v) is 8.80. The average Bonchev–Trinajstić information content (AvgIpc) is 3.06. The van der Waals surface area contributed by atoms with Crippen LogP contribution < -0.4 is 0 Å². The summed E-state index contributed by atoms with van der Waals surface area (Å²) in [6.07, 6.45) is 23.0. The van der Waals surface area contributed by atoms with Gasteiger partial charge in [0.25, 0.3) is 0 Å². The fourth-order valence-electron chi connectivity index (χ4n) is 3.11. The van der Waals surface area contributed by atoms with Crippen molar-refractivity contribution in [1.29, 1.82) is 0 Å². The summed E-state index contributed by atoms with van der Waals surface area (Å²) in [5.41, 5.74) is 2.11. The minimum Gasteiger partial charge on any atom is -0.217 e. The second kappa shape index (κ2) is 6.05. The molecule has 112 valence electrons. The van der Waals surface area contributed by atoms with E-state index in [0.717, 1.165) is 16.2 Å². The van der Waals surface area contributed by atoms with Gasteiger partial charge in [0.15, 0.2) is 0 Å². The highest BCUT2D eigenvalue weighted by molar-refractivity contribution is 7.16. The largest absolute Gasteiger partial charge is 0.217 e. The third kappa shape index (κ3) is 2.71. The first-order chi connectivity index (χ1) is 10.9. The van der Waals surface area contributed by atoms with E-state index in [0.29, 0.717) is 5.92 Å². The van der Waals surface area contributed by atoms with E-state index in [2.05, 4.69) is 12.2 Å². The maximum atomic E-state index is 4.78. The van der Waals surface area contributed by atoms with Crippen LogP contribution in [-0.2, 0) is 0 Å². The van der Waals surface area contributed by atoms with Crippen molar-refractivity contribution in [2.24, 2.45) is 0 Å². The third-order valence-electron chi connectivity index (χ3n) is 4.30. The second-order valence-corrected chi connectivity index (χ2v) is 6.87. The molecule has 4 rings (SSSR count). The van der Waals surface area contributed by atoms with Gasteiger partial charge in [0.1, 0.15) is 5.01 Å². The zero-order valence-electron chi connectivity index (χ0n) is 12.5. The van der Waals surface area contributed by atoms with Crippen molar-refractivity contribution in [2.45, 2.75) is 38.0 Å². The van der Waals surface area contributed by atoms with Crippen LogP contribution in [0.3, 0.4) is 0 Å². The lowest BCUT2D eigenvalue weighted by Gasteiger charge is -2.18. The molecule has 0 radical (unpaired) electrons. The van der Waals surface area contributed by atoms with Crippen LogP contribution >= 0.6 is 11.3 Å². The molecule has 0 unspecified atom stereocenters. The van der Waals surface area contributed by atoms with Gasteiger partial charge in [0.05, 0.1) is 11.9 Å². The van der Waals surface area contributed by atoms with Crippen molar-refractivity contribution in [3.8, 4) is 0 Å². The molecule has 0 amide bonds. The van der Waals surface area contributed by atoms with Crippen LogP contribution in [0, 0.1) is 0 Å². The number of hydrogen-bond donors (Lipinski definition) is 0. The molecule has 2 aromatic heterocycles. The number of allylic oxidation sites excluding steroid dienone is 8. The Hall–Kier alpha value is -1.94. The number of rotatable bonds is 2. The van der Waals surface area contributed by atoms with Crippen molar-refractivity contribution in [1.82, 2.24) is 14.6 Å². The molecule has 0 saturated heterocycles. The van der Waals surface area contributed by atoms with E-state index in [9.17, 15) is 0 Å². The van der Waals surface area contributed by atoms with Crippen LogP contribution in [0.15, 0.2) is 48.7 Å². The van der Waals surface area contributed by atoms with Gasteiger partial charge in [-0.2, -0.15) is 5.10 Å². The highest BCUT2D eigenvalue weighted by Crippen LogP contribution is 2.35. The molecule has 0 spiro atoms. The van der Waals surface area contributed by atoms with Gasteiger partial charge < -0.3 is 0 Å². The van der Waals surface area contributed by atoms with Crippen molar-refractivity contribution in [2.75, 3.05) is 0 Å². The quantitative estimate of drug-likeness (QED) is 0.789. The molecule has 4 heteroatoms. The summed E-state index contributed by atoms with van der Waals surface area (Å²) in [6, 6.07) is 0. The summed E-state index contributed by atoms with van der Waals surface area (Å²) in [7, 11) is 0. The Bertz CT molecular complexity index is 751. The van der Waals surface area contributed by atoms with Gasteiger partial charge in [-0.05, 0) is 12.8 Å². The number of imidazole rings is 1. The van der Waals surface area contributed by atoms with Crippen LogP contribution in [-0.4, -0.2) is 14.6 Å². The van der Waals surface area contributed by atoms with Gasteiger partial charge in [-0.1, -0.05) is 73.1 Å². The van der Waals surface area contributed by atoms with E-state index in [1.54, 1.807) is 11.3 Å². The molecular formula is C18H19N3S. The predicted molar refractivity (Wildman–Crippen MR) is 92.1 cm³/mol. The van der Waals surface area contributed by atoms with Gasteiger partial charge >= 0.3 is 0 Å². The minimum absolute atomic E-state index is 0.650. The van der Waals surface area contributed by atoms with Crippen molar-refractivity contribution >= 4 is 21.9 Å². The number of hydrogen-bond acceptors (Lipinski definition) is 3. The number of fused-ring (bicyclic) bond motifs is 1. The number of nitrogens with zero attached hydrogens (tertiary/aromatic N) is 3. The Morgan fingerprint density at radius 2 is 1.82 bits per heavy atom. The topological polar surface area (TPSA) is 30.2 Å². The zero-order valence-corrected chi connectivity index (χ0v) is 13.3. The fourth-order valence-corrected chi connectivity index (χ4v) is 4.16. The average molecular weight is 309 g/mol. The Balaban J connectivity index is 1.63. The van der Waals surface area contributed by atoms with Crippen LogP contribution in [0.4, 0.5) is 0 Å². The molecule has 0 aromatic carbocycles. The summed E-state index contributed by atoms with van der Waals surface area (Å²) in [4.78, 5) is 5.77. The molecule has 0 N–H and O–H groups in total. The lowest BCUT2D eigenvalue weighted by molar-refractivity contribution is 0.439. The van der Waals surface area contributed by atoms with Gasteiger partial charge in [-0.25, -0.2) is 9.50 Å². The van der Waals surface area contributed by atoms with Crippen molar-refractivity contribution < 1.29 is 0 Å². The number of aromatic nitrogens is 3. The summed E-state index contributed by atoms with van der Waals surface area (Å²) in [6.45, 7) is 0. The highest BCUT2D eigenvalue weighted by Gasteiger charge is 2.20. The zero-order chi connectivity index (χ0) is 14.8. The Morgan fingerprint density at radius 1 is 1.00 bits per heavy atom. The Kier molecular flexibility index (Phi) is 3.77. The molecule has 1 fully saturated rings. The standard InChI is InChI=1S/C18H19N3S/c1-2-5-9-14(10-6-3-1)16-13-21-18(19-16)22-17(20-21)15-11-7-4-8-12-15/h1-3,5-6,9-10,13,15H,4,7-8,11-12H2/b2-1?,3-1?,5-2?,6-3?,9-5-,10-6?,14-9?,14-10+. The van der Waals surface area contributed by atoms with Crippen molar-refractivity contribution in [3.05, 3.63) is 59.4 Å². The monoisotopic (exact) mass is 309 g/mol. The van der Waals surface area contributed by atoms with E-state index in [4.69, 9.17) is 10.1 Å². The lowest BCUT2D eigenvalue weighted by Crippen LogP contribution is -2.04. The normalized spacial score (nSPS) is 23.2. The third-order valence-corrected chi connectivity index (χ3v) is 5.39. The summed E-state index contributed by atoms with van der Waals surface area (Å²) in [5, 5.41) is 6.05. The van der Waals surface area contributed by atoms with Crippen LogP contribution in [0.2, 0.25) is 0 Å². The molecule has 0 bridgehead atoms. The van der Waals surface area contributed by atoms with E-state index in [1.165, 1.54) is 37.1 Å². The van der Waals surface area contributed by atoms with Crippen molar-refractivity contribution in [3.63, 3.8) is 0 Å². The van der Waals surface area contributed by atoms with E-state index in [1.807, 2.05) is 41.1 Å². The summed E-state index contributed by atoms with van der Waals surface area (Å²) >= 11 is 1.76. The second-order valence-electron chi connectivity index (χ2n) is 5.88. The molecule has 1 saturated carbocycles. The smallest absolute Gasteiger partial charge is 0.212 e. The summed E-state index contributed by atoms with van der Waals surface area (Å²) in [5.74, 6) is 0.650. The van der Waals surface area contributed by atoms with Gasteiger partial charge in [0, 0.05) is 11.5 Å². The molecule has 3 nitrogen and oxygen atoms in total. The predicted octanol–water partition coefficient (Wildman–Crippen LogP) is 4.90. The van der Waals surface area contributed by atoms with Crippen LogP contribution in [0.25, 0.3) is 10.5 Å². The molecule has 0 atom stereocenters. The van der Waals surface area contributed by atoms with E-state index < -0.39 is 0 Å². The maximum Gasteiger partial charge on any atom is 0.212 e. The molecule has 2 aromatic rings. The Labute approximate surface area is 134 Å². The lowest BCUT2D eigenvalue weighted by atomic mass is 9.90. The maximum absolute atomic E-state index is 4.78. The van der Waals surface area contributed by atoms with E-state index >= 15 is 0 Å². The fraction of sp³-hybridized carbons (Fsp3) is 0.333. The van der Waals surface area contributed by atoms with Crippen LogP contribution in [0.1, 0.15) is 48.7 Å². The molecular weight excluding hydrogens is 290 g/mol. The van der Waals surface area contributed by atoms with Gasteiger partial charge in [-0.15, -0.1) is 0 Å². The SMILES string of the molecule is C1=C/C=C\C(c2cn3nc(C4CCCCC4)sc3n2)=C/C=C1. The highest BCUT2D eigenvalue weighted by atomic mass is 32.1. The molecule has 0 aliphatic heterocycles. The molecule has 2 aliphatic rings. The molecule has 22 heavy (non-hydrogen) atoms. The molecule has 2 aliphatic carbocycles. The van der Waals surface area contributed by atoms with Crippen LogP contribution in [0.5, 0.6) is 0 Å². The van der Waals surface area contributed by atoms with Gasteiger partial charge in [0.2, 0.25) is 4.96 Å². The minimum atomic E-state index is 0.650.